The van der Waals surface area contributed by atoms with E-state index in [9.17, 15) is 22.0 Å². The van der Waals surface area contributed by atoms with Crippen LogP contribution in [0.1, 0.15) is 27.9 Å². The van der Waals surface area contributed by atoms with Gasteiger partial charge < -0.3 is 10.5 Å². The molecule has 1 heterocycles. The Morgan fingerprint density at radius 3 is 2.60 bits per heavy atom. The van der Waals surface area contributed by atoms with Gasteiger partial charge in [0, 0.05) is 35.1 Å². The van der Waals surface area contributed by atoms with Crippen molar-refractivity contribution in [1.82, 2.24) is 4.31 Å². The minimum absolute atomic E-state index is 0.00686. The monoisotopic (exact) mass is 552 g/mol. The molecule has 0 bridgehead atoms. The number of primary amides is 1. The first kappa shape index (κ1) is 22.8. The van der Waals surface area contributed by atoms with Crippen molar-refractivity contribution in [2.24, 2.45) is 11.7 Å². The van der Waals surface area contributed by atoms with Crippen LogP contribution in [0.4, 0.5) is 8.78 Å². The van der Waals surface area contributed by atoms with Gasteiger partial charge in [0.25, 0.3) is 5.91 Å². The maximum Gasteiger partial charge on any atom is 0.335 e. The van der Waals surface area contributed by atoms with Gasteiger partial charge in [-0.3, -0.25) is 9.35 Å². The lowest BCUT2D eigenvalue weighted by molar-refractivity contribution is 0.0994. The molecule has 1 unspecified atom stereocenters. The van der Waals surface area contributed by atoms with Crippen molar-refractivity contribution in [2.75, 3.05) is 19.7 Å². The predicted molar refractivity (Wildman–Crippen MR) is 114 cm³/mol. The largest absolute Gasteiger partial charge is 0.492 e. The fraction of sp³-hybridized carbons (Fsp3) is 0.316. The van der Waals surface area contributed by atoms with Crippen molar-refractivity contribution in [3.8, 4) is 5.75 Å². The molecule has 2 aromatic carbocycles. The van der Waals surface area contributed by atoms with Crippen LogP contribution in [-0.2, 0) is 16.7 Å². The van der Waals surface area contributed by atoms with Gasteiger partial charge in [-0.05, 0) is 58.3 Å². The molecule has 0 aliphatic carbocycles. The zero-order valence-electron chi connectivity index (χ0n) is 15.6. The molecule has 30 heavy (non-hydrogen) atoms. The van der Waals surface area contributed by atoms with Crippen molar-refractivity contribution in [3.05, 3.63) is 62.2 Å². The summed E-state index contributed by atoms with van der Waals surface area (Å²) in [5.74, 6) is -2.36. The van der Waals surface area contributed by atoms with E-state index in [0.717, 1.165) is 16.4 Å². The SMILES string of the molecule is NC(=O)c1c(Cc2ccc(I)cc2F)cc(F)cc1OCC1CCN(S(=O)(=O)O)C1. The summed E-state index contributed by atoms with van der Waals surface area (Å²) in [6.07, 6.45) is 0.372. The Morgan fingerprint density at radius 2 is 2.00 bits per heavy atom. The highest BCUT2D eigenvalue weighted by Crippen LogP contribution is 2.29. The van der Waals surface area contributed by atoms with Crippen molar-refractivity contribution < 1.29 is 31.3 Å². The summed E-state index contributed by atoms with van der Waals surface area (Å²) in [6.45, 7) is 0.171. The average molecular weight is 552 g/mol. The molecule has 3 rings (SSSR count). The number of carbonyl (C=O) groups is 1. The molecule has 1 saturated heterocycles. The van der Waals surface area contributed by atoms with Gasteiger partial charge in [-0.15, -0.1) is 0 Å². The summed E-state index contributed by atoms with van der Waals surface area (Å²) in [7, 11) is -4.29. The molecule has 11 heteroatoms. The molecule has 1 atom stereocenters. The zero-order chi connectivity index (χ0) is 22.1. The average Bonchev–Trinajstić information content (AvgIpc) is 3.11. The maximum atomic E-state index is 14.2. The normalized spacial score (nSPS) is 17.3. The van der Waals surface area contributed by atoms with Crippen molar-refractivity contribution in [1.29, 1.82) is 0 Å². The molecule has 0 radical (unpaired) electrons. The lowest BCUT2D eigenvalue weighted by atomic mass is 9.98. The second-order valence-corrected chi connectivity index (χ2v) is 9.67. The highest BCUT2D eigenvalue weighted by Gasteiger charge is 2.31. The van der Waals surface area contributed by atoms with Crippen LogP contribution in [-0.4, -0.2) is 42.9 Å². The molecule has 0 saturated carbocycles. The topological polar surface area (TPSA) is 110 Å². The first-order chi connectivity index (χ1) is 14.0. The summed E-state index contributed by atoms with van der Waals surface area (Å²) in [6, 6.07) is 6.71. The van der Waals surface area contributed by atoms with E-state index in [2.05, 4.69) is 0 Å². The van der Waals surface area contributed by atoms with Gasteiger partial charge in [-0.1, -0.05) is 6.07 Å². The van der Waals surface area contributed by atoms with E-state index in [-0.39, 0.29) is 54.5 Å². The van der Waals surface area contributed by atoms with Crippen LogP contribution in [0, 0.1) is 21.1 Å². The summed E-state index contributed by atoms with van der Waals surface area (Å²) >= 11 is 1.97. The number of nitrogens with zero attached hydrogens (tertiary/aromatic N) is 1. The number of nitrogens with two attached hydrogens (primary N) is 1. The van der Waals surface area contributed by atoms with E-state index in [1.807, 2.05) is 22.6 Å². The Kier molecular flexibility index (Phi) is 6.95. The van der Waals surface area contributed by atoms with E-state index in [4.69, 9.17) is 15.0 Å². The minimum atomic E-state index is -4.29. The smallest absolute Gasteiger partial charge is 0.335 e. The fourth-order valence-corrected chi connectivity index (χ4v) is 4.58. The number of benzene rings is 2. The molecule has 162 valence electrons. The summed E-state index contributed by atoms with van der Waals surface area (Å²) in [5.41, 5.74) is 5.89. The Hall–Kier alpha value is -1.83. The summed E-state index contributed by atoms with van der Waals surface area (Å²) in [5, 5.41) is 0. The predicted octanol–water partition coefficient (Wildman–Crippen LogP) is 2.76. The number of carbonyl (C=O) groups excluding carboxylic acids is 1. The van der Waals surface area contributed by atoms with Gasteiger partial charge in [0.1, 0.15) is 17.4 Å². The maximum absolute atomic E-state index is 14.2. The standard InChI is InChI=1S/C19H19F2IN2O5S/c20-14-6-13(5-12-1-2-15(22)8-16(12)21)18(19(23)25)17(7-14)29-10-11-3-4-24(9-11)30(26,27)28/h1-2,6-8,11H,3-5,9-10H2,(H2,23,25)(H,26,27,28). The number of hydrogen-bond donors (Lipinski definition) is 2. The van der Waals surface area contributed by atoms with Crippen LogP contribution in [0.3, 0.4) is 0 Å². The van der Waals surface area contributed by atoms with Crippen molar-refractivity contribution >= 4 is 38.8 Å². The molecule has 1 aliphatic rings. The van der Waals surface area contributed by atoms with Gasteiger partial charge in [0.05, 0.1) is 12.2 Å². The van der Waals surface area contributed by atoms with Crippen LogP contribution in [0.15, 0.2) is 30.3 Å². The van der Waals surface area contributed by atoms with E-state index >= 15 is 0 Å². The van der Waals surface area contributed by atoms with E-state index in [0.29, 0.717) is 9.99 Å². The Bertz CT molecular complexity index is 1080. The van der Waals surface area contributed by atoms with Crippen LogP contribution in [0.5, 0.6) is 5.75 Å². The Morgan fingerprint density at radius 1 is 1.27 bits per heavy atom. The van der Waals surface area contributed by atoms with Gasteiger partial charge in [0.15, 0.2) is 0 Å². The number of halogens is 3. The van der Waals surface area contributed by atoms with E-state index in [1.54, 1.807) is 12.1 Å². The van der Waals surface area contributed by atoms with E-state index < -0.39 is 27.8 Å². The third-order valence-corrected chi connectivity index (χ3v) is 6.50. The Balaban J connectivity index is 1.84. The molecule has 1 aliphatic heterocycles. The molecule has 7 nitrogen and oxygen atoms in total. The van der Waals surface area contributed by atoms with Crippen LogP contribution < -0.4 is 10.5 Å². The second kappa shape index (κ2) is 9.12. The quantitative estimate of drug-likeness (QED) is 0.406. The zero-order valence-corrected chi connectivity index (χ0v) is 18.6. The third-order valence-electron chi connectivity index (χ3n) is 4.84. The van der Waals surface area contributed by atoms with Crippen LogP contribution in [0.2, 0.25) is 0 Å². The highest BCUT2D eigenvalue weighted by atomic mass is 127. The number of hydrogen-bond acceptors (Lipinski definition) is 4. The molecule has 3 N–H and O–H groups in total. The van der Waals surface area contributed by atoms with Gasteiger partial charge >= 0.3 is 10.3 Å². The first-order valence-corrected chi connectivity index (χ1v) is 11.4. The molecule has 1 fully saturated rings. The molecular formula is C19H19F2IN2O5S. The van der Waals surface area contributed by atoms with Gasteiger partial charge in [-0.2, -0.15) is 12.7 Å². The van der Waals surface area contributed by atoms with Crippen LogP contribution >= 0.6 is 22.6 Å². The van der Waals surface area contributed by atoms with Gasteiger partial charge in [-0.25, -0.2) is 8.78 Å². The number of ether oxygens (including phenoxy) is 1. The lowest BCUT2D eigenvalue weighted by Gasteiger charge is -2.17. The highest BCUT2D eigenvalue weighted by molar-refractivity contribution is 14.1. The minimum Gasteiger partial charge on any atom is -0.492 e. The molecule has 0 spiro atoms. The molecule has 1 amide bonds. The fourth-order valence-electron chi connectivity index (χ4n) is 3.39. The third kappa shape index (κ3) is 5.45. The van der Waals surface area contributed by atoms with Crippen LogP contribution in [0.25, 0.3) is 0 Å². The van der Waals surface area contributed by atoms with E-state index in [1.165, 1.54) is 6.07 Å². The first-order valence-electron chi connectivity index (χ1n) is 8.96. The molecular weight excluding hydrogens is 533 g/mol. The Labute approximate surface area is 186 Å². The number of amides is 1. The number of rotatable bonds is 7. The molecule has 2 aromatic rings. The van der Waals surface area contributed by atoms with Crippen molar-refractivity contribution in [3.63, 3.8) is 0 Å². The summed E-state index contributed by atoms with van der Waals surface area (Å²) in [4.78, 5) is 12.1. The second-order valence-electron chi connectivity index (χ2n) is 7.02. The molecule has 0 aromatic heterocycles. The lowest BCUT2D eigenvalue weighted by Crippen LogP contribution is -2.29. The van der Waals surface area contributed by atoms with Crippen molar-refractivity contribution in [2.45, 2.75) is 12.8 Å². The van der Waals surface area contributed by atoms with Gasteiger partial charge in [0.2, 0.25) is 0 Å². The summed E-state index contributed by atoms with van der Waals surface area (Å²) < 4.78 is 67.2.